The van der Waals surface area contributed by atoms with Crippen molar-refractivity contribution in [1.29, 1.82) is 5.26 Å². The number of carbonyl (C=O) groups is 1. The van der Waals surface area contributed by atoms with Crippen LogP contribution >= 0.6 is 0 Å². The van der Waals surface area contributed by atoms with Gasteiger partial charge in [0.1, 0.15) is 12.4 Å². The average molecular weight is 278 g/mol. The maximum absolute atomic E-state index is 12.5. The molecule has 0 amide bonds. The molecule has 0 aromatic heterocycles. The van der Waals surface area contributed by atoms with Gasteiger partial charge in [0.2, 0.25) is 10.0 Å². The molecule has 5 nitrogen and oxygen atoms in total. The third-order valence-corrected chi connectivity index (χ3v) is 5.16. The molecule has 0 bridgehead atoms. The highest BCUT2D eigenvalue weighted by atomic mass is 32.2. The Labute approximate surface area is 112 Å². The van der Waals surface area contributed by atoms with Gasteiger partial charge in [0, 0.05) is 19.0 Å². The molecule has 2 rings (SSSR count). The van der Waals surface area contributed by atoms with E-state index in [0.717, 1.165) is 12.7 Å². The Kier molecular flexibility index (Phi) is 3.98. The van der Waals surface area contributed by atoms with E-state index in [0.29, 0.717) is 13.0 Å². The highest BCUT2D eigenvalue weighted by molar-refractivity contribution is 7.89. The van der Waals surface area contributed by atoms with E-state index < -0.39 is 10.0 Å². The van der Waals surface area contributed by atoms with Crippen LogP contribution in [0.3, 0.4) is 0 Å². The van der Waals surface area contributed by atoms with Gasteiger partial charge in [0.15, 0.2) is 0 Å². The van der Waals surface area contributed by atoms with E-state index in [4.69, 9.17) is 5.26 Å². The zero-order valence-electron chi connectivity index (χ0n) is 10.3. The molecule has 1 atom stereocenters. The summed E-state index contributed by atoms with van der Waals surface area (Å²) in [6, 6.07) is 8.02. The van der Waals surface area contributed by atoms with Crippen molar-refractivity contribution in [2.45, 2.75) is 17.7 Å². The van der Waals surface area contributed by atoms with E-state index in [1.165, 1.54) is 16.4 Å². The van der Waals surface area contributed by atoms with Gasteiger partial charge in [-0.15, -0.1) is 0 Å². The summed E-state index contributed by atoms with van der Waals surface area (Å²) >= 11 is 0. The van der Waals surface area contributed by atoms with Crippen molar-refractivity contribution in [3.05, 3.63) is 29.8 Å². The first-order valence-corrected chi connectivity index (χ1v) is 7.48. The lowest BCUT2D eigenvalue weighted by Gasteiger charge is -2.29. The standard InChI is InChI=1S/C13H14N2O3S/c14-8-12-5-1-2-6-13(12)19(17,18)15-7-3-4-11(9-15)10-16/h1-2,5-6,10-11H,3-4,7,9H2. The molecule has 0 radical (unpaired) electrons. The van der Waals surface area contributed by atoms with Crippen LogP contribution in [0.5, 0.6) is 0 Å². The van der Waals surface area contributed by atoms with Crippen molar-refractivity contribution in [3.8, 4) is 6.07 Å². The van der Waals surface area contributed by atoms with E-state index >= 15 is 0 Å². The number of rotatable bonds is 3. The first-order valence-electron chi connectivity index (χ1n) is 6.04. The van der Waals surface area contributed by atoms with Gasteiger partial charge in [0.25, 0.3) is 0 Å². The lowest BCUT2D eigenvalue weighted by Crippen LogP contribution is -2.40. The predicted octanol–water partition coefficient (Wildman–Crippen LogP) is 1.16. The van der Waals surface area contributed by atoms with Crippen LogP contribution in [0.25, 0.3) is 0 Å². The number of nitriles is 1. The van der Waals surface area contributed by atoms with Gasteiger partial charge in [-0.1, -0.05) is 12.1 Å². The molecule has 19 heavy (non-hydrogen) atoms. The summed E-state index contributed by atoms with van der Waals surface area (Å²) in [4.78, 5) is 10.8. The zero-order valence-corrected chi connectivity index (χ0v) is 11.1. The minimum atomic E-state index is -3.70. The van der Waals surface area contributed by atoms with Gasteiger partial charge in [-0.2, -0.15) is 9.57 Å². The Balaban J connectivity index is 2.37. The van der Waals surface area contributed by atoms with E-state index in [9.17, 15) is 13.2 Å². The fourth-order valence-corrected chi connectivity index (χ4v) is 3.90. The quantitative estimate of drug-likeness (QED) is 0.777. The van der Waals surface area contributed by atoms with Crippen molar-refractivity contribution >= 4 is 16.3 Å². The fourth-order valence-electron chi connectivity index (χ4n) is 2.23. The molecule has 1 unspecified atom stereocenters. The van der Waals surface area contributed by atoms with Crippen LogP contribution in [0, 0.1) is 17.2 Å². The van der Waals surface area contributed by atoms with Crippen LogP contribution in [0.1, 0.15) is 18.4 Å². The van der Waals surface area contributed by atoms with Crippen molar-refractivity contribution in [3.63, 3.8) is 0 Å². The highest BCUT2D eigenvalue weighted by Gasteiger charge is 2.31. The molecule has 1 fully saturated rings. The van der Waals surface area contributed by atoms with E-state index in [-0.39, 0.29) is 22.9 Å². The molecule has 1 heterocycles. The van der Waals surface area contributed by atoms with E-state index in [1.807, 2.05) is 6.07 Å². The summed E-state index contributed by atoms with van der Waals surface area (Å²) in [5, 5.41) is 8.99. The zero-order chi connectivity index (χ0) is 13.9. The summed E-state index contributed by atoms with van der Waals surface area (Å²) in [6.45, 7) is 0.595. The predicted molar refractivity (Wildman–Crippen MR) is 68.7 cm³/mol. The Morgan fingerprint density at radius 2 is 2.11 bits per heavy atom. The number of aldehydes is 1. The van der Waals surface area contributed by atoms with Crippen molar-refractivity contribution in [2.24, 2.45) is 5.92 Å². The highest BCUT2D eigenvalue weighted by Crippen LogP contribution is 2.24. The SMILES string of the molecule is N#Cc1ccccc1S(=O)(=O)N1CCCC(C=O)C1. The van der Waals surface area contributed by atoms with Crippen LogP contribution < -0.4 is 0 Å². The van der Waals surface area contributed by atoms with Crippen LogP contribution in [0.4, 0.5) is 0 Å². The molecule has 0 spiro atoms. The Morgan fingerprint density at radius 1 is 1.37 bits per heavy atom. The van der Waals surface area contributed by atoms with Crippen LogP contribution in [-0.2, 0) is 14.8 Å². The molecule has 6 heteroatoms. The Bertz CT molecular complexity index is 619. The summed E-state index contributed by atoms with van der Waals surface area (Å²) in [5.41, 5.74) is 0.135. The third kappa shape index (κ3) is 2.67. The van der Waals surface area contributed by atoms with Gasteiger partial charge in [-0.3, -0.25) is 0 Å². The minimum absolute atomic E-state index is 0.0176. The van der Waals surface area contributed by atoms with E-state index in [1.54, 1.807) is 12.1 Å². The molecule has 1 aliphatic rings. The smallest absolute Gasteiger partial charge is 0.244 e. The topological polar surface area (TPSA) is 78.2 Å². The van der Waals surface area contributed by atoms with Gasteiger partial charge in [-0.25, -0.2) is 8.42 Å². The maximum Gasteiger partial charge on any atom is 0.244 e. The Hall–Kier alpha value is -1.71. The lowest BCUT2D eigenvalue weighted by molar-refractivity contribution is -0.112. The molecule has 1 saturated heterocycles. The second-order valence-electron chi connectivity index (χ2n) is 4.51. The summed E-state index contributed by atoms with van der Waals surface area (Å²) in [6.07, 6.45) is 2.19. The summed E-state index contributed by atoms with van der Waals surface area (Å²) < 4.78 is 26.3. The Morgan fingerprint density at radius 3 is 2.79 bits per heavy atom. The first kappa shape index (κ1) is 13.7. The number of nitrogens with zero attached hydrogens (tertiary/aromatic N) is 2. The fraction of sp³-hybridized carbons (Fsp3) is 0.385. The molecule has 1 aromatic carbocycles. The molecular weight excluding hydrogens is 264 g/mol. The second-order valence-corrected chi connectivity index (χ2v) is 6.42. The number of carbonyl (C=O) groups excluding carboxylic acids is 1. The number of hydrogen-bond donors (Lipinski definition) is 0. The van der Waals surface area contributed by atoms with Gasteiger partial charge in [-0.05, 0) is 25.0 Å². The van der Waals surface area contributed by atoms with Crippen molar-refractivity contribution in [1.82, 2.24) is 4.31 Å². The largest absolute Gasteiger partial charge is 0.303 e. The van der Waals surface area contributed by atoms with Gasteiger partial charge >= 0.3 is 0 Å². The molecule has 1 aromatic rings. The molecule has 100 valence electrons. The summed E-state index contributed by atoms with van der Waals surface area (Å²) in [7, 11) is -3.70. The van der Waals surface area contributed by atoms with Gasteiger partial charge < -0.3 is 4.79 Å². The van der Waals surface area contributed by atoms with Crippen LogP contribution in [0.2, 0.25) is 0 Å². The average Bonchev–Trinajstić information content (AvgIpc) is 2.47. The van der Waals surface area contributed by atoms with Crippen LogP contribution in [0.15, 0.2) is 29.2 Å². The normalized spacial score (nSPS) is 20.7. The third-order valence-electron chi connectivity index (χ3n) is 3.24. The number of piperidine rings is 1. The van der Waals surface area contributed by atoms with E-state index in [2.05, 4.69) is 0 Å². The van der Waals surface area contributed by atoms with Crippen LogP contribution in [-0.4, -0.2) is 32.1 Å². The second kappa shape index (κ2) is 5.51. The molecule has 0 N–H and O–H groups in total. The molecule has 1 aliphatic heterocycles. The van der Waals surface area contributed by atoms with Crippen molar-refractivity contribution in [2.75, 3.05) is 13.1 Å². The van der Waals surface area contributed by atoms with Gasteiger partial charge in [0.05, 0.1) is 10.5 Å². The summed E-state index contributed by atoms with van der Waals surface area (Å²) in [5.74, 6) is -0.252. The minimum Gasteiger partial charge on any atom is -0.303 e. The number of sulfonamides is 1. The number of benzene rings is 1. The maximum atomic E-state index is 12.5. The molecular formula is C13H14N2O3S. The first-order chi connectivity index (χ1) is 9.09. The van der Waals surface area contributed by atoms with Crippen molar-refractivity contribution < 1.29 is 13.2 Å². The number of hydrogen-bond acceptors (Lipinski definition) is 4. The monoisotopic (exact) mass is 278 g/mol. The molecule has 0 aliphatic carbocycles. The lowest BCUT2D eigenvalue weighted by atomic mass is 10.0. The molecule has 0 saturated carbocycles.